The number of aryl methyl sites for hydroxylation is 1. The molecule has 0 spiro atoms. The largest absolute Gasteiger partial charge is 0.451 e. The van der Waals surface area contributed by atoms with Crippen LogP contribution in [0.25, 0.3) is 10.9 Å². The zero-order valence-corrected chi connectivity index (χ0v) is 18.4. The first-order valence-corrected chi connectivity index (χ1v) is 11.3. The maximum Gasteiger partial charge on any atom is 0.301 e. The van der Waals surface area contributed by atoms with Gasteiger partial charge in [0.25, 0.3) is 5.56 Å². The van der Waals surface area contributed by atoms with Gasteiger partial charge < -0.3 is 9.30 Å². The van der Waals surface area contributed by atoms with Crippen molar-refractivity contribution in [2.24, 2.45) is 7.05 Å². The van der Waals surface area contributed by atoms with E-state index in [-0.39, 0.29) is 47.4 Å². The van der Waals surface area contributed by atoms with E-state index in [9.17, 15) is 32.5 Å². The number of anilines is 1. The van der Waals surface area contributed by atoms with E-state index in [1.54, 1.807) is 6.07 Å². The van der Waals surface area contributed by atoms with Crippen molar-refractivity contribution < 1.29 is 21.9 Å². The molecular formula is C21H16F2N6O4S. The molecule has 2 aromatic carbocycles. The summed E-state index contributed by atoms with van der Waals surface area (Å²) in [6, 6.07) is 8.13. The van der Waals surface area contributed by atoms with E-state index in [1.807, 2.05) is 6.07 Å². The average molecular weight is 486 g/mol. The third kappa shape index (κ3) is 4.03. The van der Waals surface area contributed by atoms with Gasteiger partial charge in [0.15, 0.2) is 11.6 Å². The van der Waals surface area contributed by atoms with Crippen LogP contribution in [0.5, 0.6) is 11.5 Å². The molecular weight excluding hydrogens is 470 g/mol. The molecule has 0 aliphatic carbocycles. The normalized spacial score (nSPS) is 16.2. The highest BCUT2D eigenvalue weighted by Crippen LogP contribution is 2.36. The summed E-state index contributed by atoms with van der Waals surface area (Å²) in [6.45, 7) is -0.387. The van der Waals surface area contributed by atoms with Crippen LogP contribution in [-0.2, 0) is 17.3 Å². The summed E-state index contributed by atoms with van der Waals surface area (Å²) in [7, 11) is -2.78. The second-order valence-corrected chi connectivity index (χ2v) is 9.14. The van der Waals surface area contributed by atoms with Crippen LogP contribution in [0.4, 0.5) is 14.5 Å². The number of ether oxygens (including phenoxy) is 1. The minimum atomic E-state index is -4.22. The van der Waals surface area contributed by atoms with Crippen molar-refractivity contribution in [1.82, 2.24) is 13.9 Å². The van der Waals surface area contributed by atoms with Crippen molar-refractivity contribution in [3.05, 3.63) is 57.9 Å². The Bertz CT molecular complexity index is 1560. The standard InChI is InChI=1S/C21H16F2N6O4S/c1-28-11-26-17-4-5-18(14(9-25)19(17)21(28)30)33-20-13(8-24)16(3-2-15(20)23)27-34(31,32)29-7-6-12(22)10-29/h2-5,11-12,27H,6-7,10H2,1H3/t12-/m0/s1. The summed E-state index contributed by atoms with van der Waals surface area (Å²) in [6.07, 6.45) is 0.0105. The van der Waals surface area contributed by atoms with Gasteiger partial charge in [-0.15, -0.1) is 0 Å². The fourth-order valence-corrected chi connectivity index (χ4v) is 4.82. The molecule has 34 heavy (non-hydrogen) atoms. The number of hydrogen-bond donors (Lipinski definition) is 1. The van der Waals surface area contributed by atoms with Crippen LogP contribution in [0, 0.1) is 28.5 Å². The maximum absolute atomic E-state index is 14.7. The molecule has 1 N–H and O–H groups in total. The average Bonchev–Trinajstić information content (AvgIpc) is 3.25. The number of nitrogens with zero attached hydrogens (tertiary/aromatic N) is 5. The Morgan fingerprint density at radius 1 is 1.21 bits per heavy atom. The first-order valence-electron chi connectivity index (χ1n) is 9.87. The molecule has 1 aliphatic rings. The van der Waals surface area contributed by atoms with E-state index in [4.69, 9.17) is 4.74 Å². The lowest BCUT2D eigenvalue weighted by molar-refractivity contribution is 0.343. The van der Waals surface area contributed by atoms with Gasteiger partial charge in [-0.2, -0.15) is 23.2 Å². The second-order valence-electron chi connectivity index (χ2n) is 7.47. The SMILES string of the molecule is Cn1cnc2ccc(Oc3c(F)ccc(NS(=O)(=O)N4CC[C@H](F)C4)c3C#N)c(C#N)c2c1=O. The first-order chi connectivity index (χ1) is 16.2. The molecule has 0 saturated carbocycles. The summed E-state index contributed by atoms with van der Waals surface area (Å²) < 4.78 is 63.1. The number of fused-ring (bicyclic) bond motifs is 1. The van der Waals surface area contributed by atoms with Crippen molar-refractivity contribution in [2.75, 3.05) is 17.8 Å². The van der Waals surface area contributed by atoms with Gasteiger partial charge in [0.1, 0.15) is 35.2 Å². The topological polar surface area (TPSA) is 141 Å². The Morgan fingerprint density at radius 3 is 2.59 bits per heavy atom. The lowest BCUT2D eigenvalue weighted by Crippen LogP contribution is -2.34. The predicted molar refractivity (Wildman–Crippen MR) is 117 cm³/mol. The Labute approximate surface area is 192 Å². The molecule has 1 fully saturated rings. The van der Waals surface area contributed by atoms with Gasteiger partial charge in [0.05, 0.1) is 22.9 Å². The first kappa shape index (κ1) is 23.1. The predicted octanol–water partition coefficient (Wildman–Crippen LogP) is 2.31. The zero-order chi connectivity index (χ0) is 24.6. The van der Waals surface area contributed by atoms with Gasteiger partial charge in [0.2, 0.25) is 0 Å². The van der Waals surface area contributed by atoms with Crippen LogP contribution in [0.15, 0.2) is 35.4 Å². The van der Waals surface area contributed by atoms with Crippen LogP contribution in [0.1, 0.15) is 17.5 Å². The number of aromatic nitrogens is 2. The van der Waals surface area contributed by atoms with E-state index in [1.165, 1.54) is 25.5 Å². The molecule has 4 rings (SSSR count). The highest BCUT2D eigenvalue weighted by atomic mass is 32.2. The molecule has 3 aromatic rings. The van der Waals surface area contributed by atoms with E-state index in [0.717, 1.165) is 21.0 Å². The summed E-state index contributed by atoms with van der Waals surface area (Å²) in [4.78, 5) is 16.6. The van der Waals surface area contributed by atoms with Crippen LogP contribution in [0.2, 0.25) is 0 Å². The molecule has 0 radical (unpaired) electrons. The number of nitriles is 2. The number of nitrogens with one attached hydrogen (secondary N) is 1. The summed E-state index contributed by atoms with van der Waals surface area (Å²) in [5.41, 5.74) is -1.34. The molecule has 1 aliphatic heterocycles. The lowest BCUT2D eigenvalue weighted by Gasteiger charge is -2.19. The highest BCUT2D eigenvalue weighted by Gasteiger charge is 2.32. The van der Waals surface area contributed by atoms with Crippen molar-refractivity contribution in [2.45, 2.75) is 12.6 Å². The lowest BCUT2D eigenvalue weighted by atomic mass is 10.1. The van der Waals surface area contributed by atoms with E-state index >= 15 is 0 Å². The minimum Gasteiger partial charge on any atom is -0.451 e. The molecule has 0 bridgehead atoms. The second kappa shape index (κ2) is 8.70. The van der Waals surface area contributed by atoms with Gasteiger partial charge >= 0.3 is 10.2 Å². The van der Waals surface area contributed by atoms with Crippen molar-refractivity contribution in [3.8, 4) is 23.6 Å². The Balaban J connectivity index is 1.79. The van der Waals surface area contributed by atoms with Crippen LogP contribution in [-0.4, -0.2) is 41.5 Å². The Morgan fingerprint density at radius 2 is 1.94 bits per heavy atom. The fourth-order valence-electron chi connectivity index (χ4n) is 3.54. The number of halogens is 2. The van der Waals surface area contributed by atoms with Gasteiger partial charge in [-0.25, -0.2) is 13.8 Å². The van der Waals surface area contributed by atoms with E-state index in [0.29, 0.717) is 0 Å². The van der Waals surface area contributed by atoms with Gasteiger partial charge in [0, 0.05) is 20.1 Å². The third-order valence-corrected chi connectivity index (χ3v) is 6.76. The number of rotatable bonds is 5. The smallest absolute Gasteiger partial charge is 0.301 e. The van der Waals surface area contributed by atoms with Crippen molar-refractivity contribution in [1.29, 1.82) is 10.5 Å². The Hall–Kier alpha value is -4.07. The van der Waals surface area contributed by atoms with Gasteiger partial charge in [-0.05, 0) is 30.7 Å². The highest BCUT2D eigenvalue weighted by molar-refractivity contribution is 7.90. The maximum atomic E-state index is 14.7. The number of hydrogen-bond acceptors (Lipinski definition) is 7. The molecule has 1 aromatic heterocycles. The van der Waals surface area contributed by atoms with E-state index in [2.05, 4.69) is 9.71 Å². The molecule has 1 atom stereocenters. The van der Waals surface area contributed by atoms with Crippen LogP contribution >= 0.6 is 0 Å². The van der Waals surface area contributed by atoms with Crippen LogP contribution in [0.3, 0.4) is 0 Å². The van der Waals surface area contributed by atoms with Crippen molar-refractivity contribution in [3.63, 3.8) is 0 Å². The number of benzene rings is 2. The molecule has 0 unspecified atom stereocenters. The minimum absolute atomic E-state index is 0.0387. The van der Waals surface area contributed by atoms with Gasteiger partial charge in [-0.3, -0.25) is 9.52 Å². The zero-order valence-electron chi connectivity index (χ0n) is 17.6. The molecule has 2 heterocycles. The Kier molecular flexibility index (Phi) is 5.91. The van der Waals surface area contributed by atoms with Crippen LogP contribution < -0.4 is 15.0 Å². The fraction of sp³-hybridized carbons (Fsp3) is 0.238. The summed E-state index contributed by atoms with van der Waals surface area (Å²) in [5, 5.41) is 19.3. The summed E-state index contributed by atoms with van der Waals surface area (Å²) >= 11 is 0. The molecule has 10 nitrogen and oxygen atoms in total. The van der Waals surface area contributed by atoms with Crippen molar-refractivity contribution >= 4 is 26.8 Å². The molecule has 13 heteroatoms. The molecule has 0 amide bonds. The molecule has 174 valence electrons. The summed E-state index contributed by atoms with van der Waals surface area (Å²) in [5.74, 6) is -1.88. The number of alkyl halides is 1. The van der Waals surface area contributed by atoms with E-state index < -0.39 is 39.1 Å². The molecule has 1 saturated heterocycles. The quantitative estimate of drug-likeness (QED) is 0.583. The monoisotopic (exact) mass is 486 g/mol. The van der Waals surface area contributed by atoms with Gasteiger partial charge in [-0.1, -0.05) is 0 Å². The third-order valence-electron chi connectivity index (χ3n) is 5.27.